The molecule has 0 aromatic heterocycles. The summed E-state index contributed by atoms with van der Waals surface area (Å²) in [6, 6.07) is 6.56. The van der Waals surface area contributed by atoms with E-state index in [9.17, 15) is 18.0 Å². The number of hydrogen-bond donors (Lipinski definition) is 0. The lowest BCUT2D eigenvalue weighted by atomic mass is 9.95. The van der Waals surface area contributed by atoms with Crippen LogP contribution in [0.15, 0.2) is 30.3 Å². The molecule has 0 unspecified atom stereocenters. The second-order valence-corrected chi connectivity index (χ2v) is 4.15. The van der Waals surface area contributed by atoms with Crippen LogP contribution in [0.4, 0.5) is 13.2 Å². The largest absolute Gasteiger partial charge is 0.409 e. The molecule has 2 nitrogen and oxygen atoms in total. The Kier molecular flexibility index (Phi) is 2.85. The second kappa shape index (κ2) is 4.05. The molecule has 0 bridgehead atoms. The third-order valence-corrected chi connectivity index (χ3v) is 3.07. The lowest BCUT2D eigenvalue weighted by Crippen LogP contribution is -2.60. The minimum absolute atomic E-state index is 0.430. The van der Waals surface area contributed by atoms with Gasteiger partial charge in [0.2, 0.25) is 5.91 Å². The fraction of sp³-hybridized carbons (Fsp3) is 0.417. The van der Waals surface area contributed by atoms with E-state index in [4.69, 9.17) is 0 Å². The van der Waals surface area contributed by atoms with Crippen LogP contribution >= 0.6 is 0 Å². The first kappa shape index (κ1) is 12.0. The number of likely N-dealkylation sites (tertiary alicyclic amines) is 1. The molecule has 1 saturated heterocycles. The average molecular weight is 243 g/mol. The van der Waals surface area contributed by atoms with Gasteiger partial charge in [-0.2, -0.15) is 13.2 Å². The number of rotatable bonds is 2. The van der Waals surface area contributed by atoms with Crippen LogP contribution in [0.3, 0.4) is 0 Å². The molecule has 0 N–H and O–H groups in total. The van der Waals surface area contributed by atoms with Gasteiger partial charge in [0.25, 0.3) is 0 Å². The molecule has 1 aliphatic rings. The Morgan fingerprint density at radius 2 is 1.88 bits per heavy atom. The number of hydrogen-bond acceptors (Lipinski definition) is 1. The van der Waals surface area contributed by atoms with Crippen molar-refractivity contribution in [2.75, 3.05) is 0 Å². The number of β-lactam (4-membered cyclic amide) rings is 1. The van der Waals surface area contributed by atoms with E-state index in [-0.39, 0.29) is 0 Å². The highest BCUT2D eigenvalue weighted by Gasteiger charge is 2.54. The summed E-state index contributed by atoms with van der Waals surface area (Å²) in [5.41, 5.74) is 0.717. The smallest absolute Gasteiger partial charge is 0.323 e. The number of alkyl halides is 3. The van der Waals surface area contributed by atoms with Crippen LogP contribution < -0.4 is 0 Å². The summed E-state index contributed by atoms with van der Waals surface area (Å²) >= 11 is 0. The first-order valence-electron chi connectivity index (χ1n) is 5.34. The zero-order valence-electron chi connectivity index (χ0n) is 9.24. The standard InChI is InChI=1S/C12H12F3NO/c1-8(9-5-3-2-4-6-9)16-10(7-11(16)17)12(13,14)15/h2-6,8,10H,7H2,1H3/t8-,10+/m1/s1. The van der Waals surface area contributed by atoms with Crippen molar-refractivity contribution < 1.29 is 18.0 Å². The van der Waals surface area contributed by atoms with Gasteiger partial charge in [-0.25, -0.2) is 0 Å². The number of benzene rings is 1. The third-order valence-electron chi connectivity index (χ3n) is 3.07. The minimum atomic E-state index is -4.34. The molecule has 1 aliphatic heterocycles. The highest BCUT2D eigenvalue weighted by molar-refractivity contribution is 5.84. The van der Waals surface area contributed by atoms with E-state index < -0.39 is 30.6 Å². The molecule has 1 aromatic carbocycles. The van der Waals surface area contributed by atoms with Crippen LogP contribution in [0.5, 0.6) is 0 Å². The average Bonchev–Trinajstić information content (AvgIpc) is 2.25. The van der Waals surface area contributed by atoms with Crippen LogP contribution in [-0.4, -0.2) is 23.0 Å². The molecule has 1 fully saturated rings. The van der Waals surface area contributed by atoms with E-state index in [1.54, 1.807) is 37.3 Å². The first-order valence-corrected chi connectivity index (χ1v) is 5.34. The maximum absolute atomic E-state index is 12.6. The van der Waals surface area contributed by atoms with Gasteiger partial charge in [0.1, 0.15) is 6.04 Å². The van der Waals surface area contributed by atoms with Gasteiger partial charge in [0.05, 0.1) is 12.5 Å². The molecule has 0 radical (unpaired) electrons. The van der Waals surface area contributed by atoms with Crippen molar-refractivity contribution in [1.29, 1.82) is 0 Å². The maximum atomic E-state index is 12.6. The van der Waals surface area contributed by atoms with Gasteiger partial charge in [-0.3, -0.25) is 4.79 Å². The summed E-state index contributed by atoms with van der Waals surface area (Å²) < 4.78 is 37.8. The summed E-state index contributed by atoms with van der Waals surface area (Å²) in [5, 5.41) is 0. The monoisotopic (exact) mass is 243 g/mol. The van der Waals surface area contributed by atoms with Crippen molar-refractivity contribution in [2.45, 2.75) is 31.6 Å². The summed E-state index contributed by atoms with van der Waals surface area (Å²) in [6.07, 6.45) is -4.77. The number of amides is 1. The summed E-state index contributed by atoms with van der Waals surface area (Å²) in [5.74, 6) is -0.441. The van der Waals surface area contributed by atoms with E-state index in [0.29, 0.717) is 0 Å². The molecule has 17 heavy (non-hydrogen) atoms. The van der Waals surface area contributed by atoms with Crippen LogP contribution in [0.2, 0.25) is 0 Å². The Bertz CT molecular complexity index is 416. The summed E-state index contributed by atoms with van der Waals surface area (Å²) in [6.45, 7) is 1.62. The molecule has 0 spiro atoms. The molecule has 92 valence electrons. The van der Waals surface area contributed by atoms with E-state index in [1.165, 1.54) is 0 Å². The fourth-order valence-electron chi connectivity index (χ4n) is 2.08. The van der Waals surface area contributed by atoms with Crippen molar-refractivity contribution in [1.82, 2.24) is 4.90 Å². The van der Waals surface area contributed by atoms with Crippen LogP contribution in [0.25, 0.3) is 0 Å². The molecule has 0 aliphatic carbocycles. The quantitative estimate of drug-likeness (QED) is 0.731. The van der Waals surface area contributed by atoms with Gasteiger partial charge in [-0.15, -0.1) is 0 Å². The van der Waals surface area contributed by atoms with Crippen molar-refractivity contribution in [2.24, 2.45) is 0 Å². The fourth-order valence-corrected chi connectivity index (χ4v) is 2.08. The van der Waals surface area contributed by atoms with Crippen molar-refractivity contribution in [3.63, 3.8) is 0 Å². The highest BCUT2D eigenvalue weighted by Crippen LogP contribution is 2.39. The highest BCUT2D eigenvalue weighted by atomic mass is 19.4. The Morgan fingerprint density at radius 3 is 2.35 bits per heavy atom. The summed E-state index contributed by atoms with van der Waals surface area (Å²) in [4.78, 5) is 12.2. The van der Waals surface area contributed by atoms with Crippen molar-refractivity contribution in [3.05, 3.63) is 35.9 Å². The topological polar surface area (TPSA) is 20.3 Å². The van der Waals surface area contributed by atoms with Gasteiger partial charge in [0, 0.05) is 0 Å². The van der Waals surface area contributed by atoms with Crippen LogP contribution in [0.1, 0.15) is 24.9 Å². The maximum Gasteiger partial charge on any atom is 0.409 e. The molecule has 1 aromatic rings. The molecule has 0 saturated carbocycles. The van der Waals surface area contributed by atoms with E-state index >= 15 is 0 Å². The van der Waals surface area contributed by atoms with Crippen molar-refractivity contribution in [3.8, 4) is 0 Å². The number of carbonyl (C=O) groups excluding carboxylic acids is 1. The lowest BCUT2D eigenvalue weighted by Gasteiger charge is -2.45. The van der Waals surface area contributed by atoms with Gasteiger partial charge < -0.3 is 4.90 Å². The van der Waals surface area contributed by atoms with E-state index in [1.807, 2.05) is 0 Å². The van der Waals surface area contributed by atoms with Gasteiger partial charge in [0.15, 0.2) is 0 Å². The zero-order chi connectivity index (χ0) is 12.6. The second-order valence-electron chi connectivity index (χ2n) is 4.15. The Morgan fingerprint density at radius 1 is 1.29 bits per heavy atom. The Hall–Kier alpha value is -1.52. The zero-order valence-corrected chi connectivity index (χ0v) is 9.24. The van der Waals surface area contributed by atoms with E-state index in [0.717, 1.165) is 10.5 Å². The molecule has 2 atom stereocenters. The molecule has 1 amide bonds. The van der Waals surface area contributed by atoms with Gasteiger partial charge in [-0.05, 0) is 12.5 Å². The SMILES string of the molecule is C[C@H](c1ccccc1)N1C(=O)C[C@H]1C(F)(F)F. The molecule has 1 heterocycles. The number of carbonyl (C=O) groups is 1. The van der Waals surface area contributed by atoms with Gasteiger partial charge >= 0.3 is 6.18 Å². The van der Waals surface area contributed by atoms with Crippen molar-refractivity contribution >= 4 is 5.91 Å². The molecular weight excluding hydrogens is 231 g/mol. The van der Waals surface area contributed by atoms with Crippen LogP contribution in [-0.2, 0) is 4.79 Å². The summed E-state index contributed by atoms with van der Waals surface area (Å²) in [7, 11) is 0. The number of nitrogens with zero attached hydrogens (tertiary/aromatic N) is 1. The number of halogens is 3. The molecular formula is C12H12F3NO. The first-order chi connectivity index (χ1) is 7.91. The predicted molar refractivity (Wildman–Crippen MR) is 56.2 cm³/mol. The van der Waals surface area contributed by atoms with Crippen LogP contribution in [0, 0.1) is 0 Å². The van der Waals surface area contributed by atoms with E-state index in [2.05, 4.69) is 0 Å². The third kappa shape index (κ3) is 2.14. The van der Waals surface area contributed by atoms with Gasteiger partial charge in [-0.1, -0.05) is 30.3 Å². The normalized spacial score (nSPS) is 22.2. The Labute approximate surface area is 97.0 Å². The molecule has 5 heteroatoms. The Balaban J connectivity index is 2.19. The molecule has 2 rings (SSSR count). The minimum Gasteiger partial charge on any atom is -0.323 e. The predicted octanol–water partition coefficient (Wildman–Crippen LogP) is 2.91. The lowest BCUT2D eigenvalue weighted by molar-refractivity contribution is -0.219.